The maximum atomic E-state index is 12.4. The average Bonchev–Trinajstić information content (AvgIpc) is 2.60. The van der Waals surface area contributed by atoms with E-state index in [2.05, 4.69) is 5.32 Å². The number of nitrogens with one attached hydrogen (secondary N) is 1. The van der Waals surface area contributed by atoms with Crippen LogP contribution in [-0.2, 0) is 4.79 Å². The average molecular weight is 362 g/mol. The Morgan fingerprint density at radius 3 is 2.48 bits per heavy atom. The second-order valence-corrected chi connectivity index (χ2v) is 6.39. The van der Waals surface area contributed by atoms with Crippen molar-refractivity contribution in [2.24, 2.45) is 0 Å². The van der Waals surface area contributed by atoms with Gasteiger partial charge in [-0.3, -0.25) is 4.79 Å². The Balaban J connectivity index is 1.85. The zero-order chi connectivity index (χ0) is 18.2. The Morgan fingerprint density at radius 1 is 1.16 bits per heavy atom. The summed E-state index contributed by atoms with van der Waals surface area (Å²) < 4.78 is 11.4. The number of aryl methyl sites for hydroxylation is 1. The lowest BCUT2D eigenvalue weighted by molar-refractivity contribution is -0.128. The topological polar surface area (TPSA) is 47.6 Å². The summed E-state index contributed by atoms with van der Waals surface area (Å²) in [5.41, 5.74) is 1.18. The number of ether oxygens (including phenoxy) is 2. The summed E-state index contributed by atoms with van der Waals surface area (Å²) in [7, 11) is 0. The first-order chi connectivity index (χ1) is 12.0. The number of halogens is 1. The third kappa shape index (κ3) is 5.98. The third-order valence-electron chi connectivity index (χ3n) is 3.68. The summed E-state index contributed by atoms with van der Waals surface area (Å²) in [6.45, 7) is 6.21. The first-order valence-electron chi connectivity index (χ1n) is 8.40. The molecule has 0 heterocycles. The van der Waals surface area contributed by atoms with Gasteiger partial charge >= 0.3 is 0 Å². The smallest absolute Gasteiger partial charge is 0.261 e. The molecule has 4 nitrogen and oxygen atoms in total. The highest BCUT2D eigenvalue weighted by molar-refractivity contribution is 6.32. The standard InChI is InChI=1S/C20H24ClNO3/c1-4-18(25-19-8-6-5-7-17(19)21)20(23)22-15(3)13-24-16-11-9-14(2)10-12-16/h5-12,15,18H,4,13H2,1-3H3,(H,22,23)/t15-,18+/m1/s1. The molecule has 0 spiro atoms. The van der Waals surface area contributed by atoms with Gasteiger partial charge in [0.2, 0.25) is 0 Å². The Labute approximate surface area is 154 Å². The van der Waals surface area contributed by atoms with E-state index >= 15 is 0 Å². The van der Waals surface area contributed by atoms with Crippen LogP contribution < -0.4 is 14.8 Å². The summed E-state index contributed by atoms with van der Waals surface area (Å²) in [6.07, 6.45) is -0.0514. The Bertz CT molecular complexity index is 688. The van der Waals surface area contributed by atoms with Crippen molar-refractivity contribution < 1.29 is 14.3 Å². The van der Waals surface area contributed by atoms with Gasteiger partial charge in [0.1, 0.15) is 18.1 Å². The highest BCUT2D eigenvalue weighted by atomic mass is 35.5. The lowest BCUT2D eigenvalue weighted by Crippen LogP contribution is -2.44. The summed E-state index contributed by atoms with van der Waals surface area (Å²) in [6, 6.07) is 14.8. The normalized spacial score (nSPS) is 13.0. The third-order valence-corrected chi connectivity index (χ3v) is 3.99. The van der Waals surface area contributed by atoms with Gasteiger partial charge in [-0.1, -0.05) is 48.4 Å². The maximum Gasteiger partial charge on any atom is 0.261 e. The van der Waals surface area contributed by atoms with Crippen LogP contribution in [0.3, 0.4) is 0 Å². The number of hydrogen-bond donors (Lipinski definition) is 1. The monoisotopic (exact) mass is 361 g/mol. The minimum atomic E-state index is -0.596. The van der Waals surface area contributed by atoms with Crippen LogP contribution in [0.4, 0.5) is 0 Å². The molecule has 134 valence electrons. The van der Waals surface area contributed by atoms with Crippen LogP contribution >= 0.6 is 11.6 Å². The molecule has 0 saturated heterocycles. The second-order valence-electron chi connectivity index (χ2n) is 5.98. The Morgan fingerprint density at radius 2 is 1.84 bits per heavy atom. The van der Waals surface area contributed by atoms with Crippen molar-refractivity contribution in [2.75, 3.05) is 6.61 Å². The number of amides is 1. The van der Waals surface area contributed by atoms with E-state index in [-0.39, 0.29) is 11.9 Å². The number of carbonyl (C=O) groups is 1. The van der Waals surface area contributed by atoms with Crippen molar-refractivity contribution in [1.82, 2.24) is 5.32 Å². The van der Waals surface area contributed by atoms with E-state index in [4.69, 9.17) is 21.1 Å². The Kier molecular flexibility index (Phi) is 7.14. The number of carbonyl (C=O) groups excluding carboxylic acids is 1. The van der Waals surface area contributed by atoms with Crippen molar-refractivity contribution in [3.05, 3.63) is 59.1 Å². The molecular formula is C20H24ClNO3. The fourth-order valence-electron chi connectivity index (χ4n) is 2.25. The summed E-state index contributed by atoms with van der Waals surface area (Å²) in [4.78, 5) is 12.4. The van der Waals surface area contributed by atoms with E-state index in [1.165, 1.54) is 5.56 Å². The Hall–Kier alpha value is -2.20. The maximum absolute atomic E-state index is 12.4. The molecule has 0 bridgehead atoms. The molecule has 0 unspecified atom stereocenters. The van der Waals surface area contributed by atoms with Crippen molar-refractivity contribution in [2.45, 2.75) is 39.3 Å². The van der Waals surface area contributed by atoms with Crippen molar-refractivity contribution in [3.63, 3.8) is 0 Å². The fourth-order valence-corrected chi connectivity index (χ4v) is 2.43. The molecule has 25 heavy (non-hydrogen) atoms. The van der Waals surface area contributed by atoms with Crippen LogP contribution in [-0.4, -0.2) is 24.7 Å². The predicted molar refractivity (Wildman–Crippen MR) is 100 cm³/mol. The zero-order valence-electron chi connectivity index (χ0n) is 14.8. The van der Waals surface area contributed by atoms with Crippen molar-refractivity contribution in [3.8, 4) is 11.5 Å². The van der Waals surface area contributed by atoms with Crippen LogP contribution in [0.1, 0.15) is 25.8 Å². The van der Waals surface area contributed by atoms with E-state index in [0.717, 1.165) is 5.75 Å². The molecule has 0 aromatic heterocycles. The van der Waals surface area contributed by atoms with Gasteiger partial charge in [0, 0.05) is 0 Å². The van der Waals surface area contributed by atoms with Gasteiger partial charge in [0.25, 0.3) is 5.91 Å². The molecule has 1 amide bonds. The van der Waals surface area contributed by atoms with Gasteiger partial charge in [-0.05, 0) is 44.5 Å². The molecule has 0 fully saturated rings. The molecule has 1 N–H and O–H groups in total. The zero-order valence-corrected chi connectivity index (χ0v) is 15.5. The van der Waals surface area contributed by atoms with Gasteiger partial charge in [-0.15, -0.1) is 0 Å². The molecule has 0 radical (unpaired) electrons. The van der Waals surface area contributed by atoms with Gasteiger partial charge in [-0.2, -0.15) is 0 Å². The molecule has 2 aromatic carbocycles. The molecule has 5 heteroatoms. The first kappa shape index (κ1) is 19.1. The molecule has 0 aliphatic carbocycles. The summed E-state index contributed by atoms with van der Waals surface area (Å²) >= 11 is 6.09. The lowest BCUT2D eigenvalue weighted by atomic mass is 10.2. The number of benzene rings is 2. The van der Waals surface area contributed by atoms with Crippen LogP contribution in [0.2, 0.25) is 5.02 Å². The largest absolute Gasteiger partial charge is 0.491 e. The van der Waals surface area contributed by atoms with Gasteiger partial charge in [0.05, 0.1) is 11.1 Å². The SMILES string of the molecule is CC[C@H](Oc1ccccc1Cl)C(=O)N[C@H](C)COc1ccc(C)cc1. The van der Waals surface area contributed by atoms with Gasteiger partial charge in [0.15, 0.2) is 6.10 Å². The van der Waals surface area contributed by atoms with Gasteiger partial charge < -0.3 is 14.8 Å². The quantitative estimate of drug-likeness (QED) is 0.758. The minimum absolute atomic E-state index is 0.141. The molecule has 0 aliphatic rings. The van der Waals surface area contributed by atoms with E-state index in [1.54, 1.807) is 12.1 Å². The van der Waals surface area contributed by atoms with E-state index in [0.29, 0.717) is 23.8 Å². The molecule has 0 aliphatic heterocycles. The van der Waals surface area contributed by atoms with Crippen LogP contribution in [0.15, 0.2) is 48.5 Å². The van der Waals surface area contributed by atoms with Crippen molar-refractivity contribution >= 4 is 17.5 Å². The van der Waals surface area contributed by atoms with Crippen molar-refractivity contribution in [1.29, 1.82) is 0 Å². The summed E-state index contributed by atoms with van der Waals surface area (Å²) in [5, 5.41) is 3.41. The first-order valence-corrected chi connectivity index (χ1v) is 8.78. The van der Waals surface area contributed by atoms with Crippen LogP contribution in [0, 0.1) is 6.92 Å². The van der Waals surface area contributed by atoms with Crippen LogP contribution in [0.25, 0.3) is 0 Å². The number of rotatable bonds is 8. The minimum Gasteiger partial charge on any atom is -0.491 e. The lowest BCUT2D eigenvalue weighted by Gasteiger charge is -2.21. The van der Waals surface area contributed by atoms with E-state index < -0.39 is 6.10 Å². The molecule has 2 aromatic rings. The second kappa shape index (κ2) is 9.33. The van der Waals surface area contributed by atoms with Gasteiger partial charge in [-0.25, -0.2) is 0 Å². The predicted octanol–water partition coefficient (Wildman–Crippen LogP) is 4.39. The molecule has 2 atom stereocenters. The molecule has 0 saturated carbocycles. The molecule has 2 rings (SSSR count). The highest BCUT2D eigenvalue weighted by Gasteiger charge is 2.21. The van der Waals surface area contributed by atoms with Crippen LogP contribution in [0.5, 0.6) is 11.5 Å². The number of hydrogen-bond acceptors (Lipinski definition) is 3. The summed E-state index contributed by atoms with van der Waals surface area (Å²) in [5.74, 6) is 1.11. The molecular weight excluding hydrogens is 338 g/mol. The highest BCUT2D eigenvalue weighted by Crippen LogP contribution is 2.24. The fraction of sp³-hybridized carbons (Fsp3) is 0.350. The van der Waals surface area contributed by atoms with E-state index in [9.17, 15) is 4.79 Å². The number of para-hydroxylation sites is 1. The van der Waals surface area contributed by atoms with E-state index in [1.807, 2.05) is 57.2 Å².